The molecule has 0 aliphatic rings. The molecule has 1 N–H and O–H groups in total. The van der Waals surface area contributed by atoms with Gasteiger partial charge in [-0.2, -0.15) is 8.42 Å². The minimum absolute atomic E-state index is 0. The van der Waals surface area contributed by atoms with E-state index in [-0.39, 0.29) is 49.6 Å². The number of ether oxygens (including phenoxy) is 2. The summed E-state index contributed by atoms with van der Waals surface area (Å²) in [7, 11) is -4.54. The molecule has 0 heterocycles. The van der Waals surface area contributed by atoms with Crippen LogP contribution in [0, 0.1) is 10.8 Å². The molecule has 1 aromatic rings. The molecule has 140 valence electrons. The zero-order chi connectivity index (χ0) is 18.6. The smallest absolute Gasteiger partial charge is 1.00 e. The van der Waals surface area contributed by atoms with Gasteiger partial charge < -0.3 is 10.9 Å². The van der Waals surface area contributed by atoms with Crippen molar-refractivity contribution >= 4 is 10.1 Å². The van der Waals surface area contributed by atoms with Crippen molar-refractivity contribution in [2.24, 2.45) is 10.8 Å². The molecular weight excluding hydrogens is 351 g/mol. The first-order valence-electron chi connectivity index (χ1n) is 8.13. The van der Waals surface area contributed by atoms with Gasteiger partial charge in [0.15, 0.2) is 0 Å². The van der Waals surface area contributed by atoms with Crippen LogP contribution in [0.4, 0.5) is 0 Å². The summed E-state index contributed by atoms with van der Waals surface area (Å²) >= 11 is 0. The Hall–Kier alpha value is -0.110. The Morgan fingerprint density at radius 2 is 1.60 bits per heavy atom. The van der Waals surface area contributed by atoms with E-state index in [0.717, 1.165) is 0 Å². The van der Waals surface area contributed by atoms with Crippen molar-refractivity contribution in [3.05, 3.63) is 30.3 Å². The Labute approximate surface area is 176 Å². The molecule has 0 bridgehead atoms. The summed E-state index contributed by atoms with van der Waals surface area (Å²) in [5, 5.41) is 0. The third-order valence-corrected chi connectivity index (χ3v) is 5.59. The largest absolute Gasteiger partial charge is 1.00 e. The average Bonchev–Trinajstić information content (AvgIpc) is 2.40. The Morgan fingerprint density at radius 3 is 2.00 bits per heavy atom. The number of benzene rings is 1. The first-order chi connectivity index (χ1) is 10.8. The van der Waals surface area contributed by atoms with E-state index in [0.29, 0.717) is 12.2 Å². The van der Waals surface area contributed by atoms with Crippen molar-refractivity contribution in [3.63, 3.8) is 0 Å². The number of rotatable bonds is 8. The molecule has 0 saturated carbocycles. The first-order valence-corrected chi connectivity index (χ1v) is 9.57. The van der Waals surface area contributed by atoms with Gasteiger partial charge in [-0.15, -0.1) is 0 Å². The quantitative estimate of drug-likeness (QED) is 0.541. The second kappa shape index (κ2) is 9.20. The third-order valence-electron chi connectivity index (χ3n) is 3.97. The van der Waals surface area contributed by atoms with E-state index in [1.807, 2.05) is 26.8 Å². The predicted molar refractivity (Wildman–Crippen MR) is 96.8 cm³/mol. The molecule has 0 aliphatic heterocycles. The van der Waals surface area contributed by atoms with Crippen LogP contribution in [0.15, 0.2) is 30.3 Å². The molecule has 1 atom stereocenters. The summed E-state index contributed by atoms with van der Waals surface area (Å²) in [4.78, 5) is -1.85. The van der Waals surface area contributed by atoms with Gasteiger partial charge in [0, 0.05) is 12.0 Å². The van der Waals surface area contributed by atoms with E-state index in [9.17, 15) is 13.0 Å². The number of hydrogen-bond donors (Lipinski definition) is 1. The van der Waals surface area contributed by atoms with Crippen LogP contribution in [0.1, 0.15) is 49.4 Å². The Balaban J connectivity index is 0. The van der Waals surface area contributed by atoms with Crippen molar-refractivity contribution in [2.75, 3.05) is 13.2 Å². The first kappa shape index (κ1) is 24.9. The molecule has 0 amide bonds. The fourth-order valence-electron chi connectivity index (χ4n) is 3.32. The van der Waals surface area contributed by atoms with Crippen LogP contribution in [0.25, 0.3) is 0 Å². The van der Waals surface area contributed by atoms with Gasteiger partial charge in [-0.3, -0.25) is 4.55 Å². The summed E-state index contributed by atoms with van der Waals surface area (Å²) in [5.41, 5.74) is -1.02. The summed E-state index contributed by atoms with van der Waals surface area (Å²) in [6.07, 6.45) is 0.526. The average molecular weight is 382 g/mol. The second-order valence-electron chi connectivity index (χ2n) is 7.88. The molecule has 0 saturated heterocycles. The zero-order valence-electron chi connectivity index (χ0n) is 17.5. The van der Waals surface area contributed by atoms with E-state index in [4.69, 9.17) is 9.47 Å². The van der Waals surface area contributed by atoms with Crippen LogP contribution in [0.3, 0.4) is 0 Å². The Kier molecular flexibility index (Phi) is 9.16. The molecule has 5 nitrogen and oxygen atoms in total. The van der Waals surface area contributed by atoms with Crippen molar-refractivity contribution in [3.8, 4) is 5.75 Å². The van der Waals surface area contributed by atoms with Gasteiger partial charge in [-0.25, -0.2) is 0 Å². The minimum Gasteiger partial charge on any atom is -1.00 e. The maximum absolute atomic E-state index is 12.3. The maximum atomic E-state index is 12.3. The van der Waals surface area contributed by atoms with Crippen LogP contribution < -0.4 is 34.3 Å². The molecule has 7 heteroatoms. The van der Waals surface area contributed by atoms with Gasteiger partial charge in [-0.05, 0) is 30.9 Å². The zero-order valence-corrected chi connectivity index (χ0v) is 19.3. The normalized spacial score (nSPS) is 15.2. The van der Waals surface area contributed by atoms with Crippen molar-refractivity contribution in [1.29, 1.82) is 0 Å². The SMILES string of the molecule is CCOC(COc1ccccc1)(C(C)(C)CC(C)(C)C)S(=O)(=O)O.[H-].[Na+]. The van der Waals surface area contributed by atoms with E-state index >= 15 is 0 Å². The summed E-state index contributed by atoms with van der Waals surface area (Å²) in [5.74, 6) is 0.525. The van der Waals surface area contributed by atoms with Crippen molar-refractivity contribution in [2.45, 2.75) is 52.9 Å². The third kappa shape index (κ3) is 6.52. The number of para-hydroxylation sites is 1. The van der Waals surface area contributed by atoms with Gasteiger partial charge in [-0.1, -0.05) is 52.8 Å². The monoisotopic (exact) mass is 382 g/mol. The Morgan fingerprint density at radius 1 is 1.08 bits per heavy atom. The minimum atomic E-state index is -4.54. The molecule has 25 heavy (non-hydrogen) atoms. The molecule has 0 aromatic heterocycles. The molecule has 0 fully saturated rings. The molecule has 0 aliphatic carbocycles. The van der Waals surface area contributed by atoms with E-state index in [1.165, 1.54) is 0 Å². The molecule has 0 radical (unpaired) electrons. The molecule has 0 spiro atoms. The fourth-order valence-corrected chi connectivity index (χ4v) is 4.56. The van der Waals surface area contributed by atoms with Crippen molar-refractivity contribution < 1.29 is 53.4 Å². The van der Waals surface area contributed by atoms with Gasteiger partial charge in [0.05, 0.1) is 0 Å². The molecular formula is C18H31NaO5S. The molecule has 1 aromatic carbocycles. The maximum Gasteiger partial charge on any atom is 1.00 e. The van der Waals surface area contributed by atoms with Crippen LogP contribution >= 0.6 is 0 Å². The predicted octanol–water partition coefficient (Wildman–Crippen LogP) is 1.26. The van der Waals surface area contributed by atoms with E-state index in [2.05, 4.69) is 0 Å². The summed E-state index contributed by atoms with van der Waals surface area (Å²) < 4.78 is 46.1. The fraction of sp³-hybridized carbons (Fsp3) is 0.667. The van der Waals surface area contributed by atoms with E-state index in [1.54, 1.807) is 45.0 Å². The van der Waals surface area contributed by atoms with Gasteiger partial charge in [0.1, 0.15) is 12.4 Å². The van der Waals surface area contributed by atoms with Crippen molar-refractivity contribution in [1.82, 2.24) is 0 Å². The molecule has 1 unspecified atom stereocenters. The number of hydrogen-bond acceptors (Lipinski definition) is 4. The van der Waals surface area contributed by atoms with Crippen LogP contribution in [0.2, 0.25) is 0 Å². The summed E-state index contributed by atoms with van der Waals surface area (Å²) in [6, 6.07) is 8.90. The molecule has 1 rings (SSSR count). The topological polar surface area (TPSA) is 72.8 Å². The van der Waals surface area contributed by atoms with Gasteiger partial charge >= 0.3 is 29.6 Å². The van der Waals surface area contributed by atoms with Crippen LogP contribution in [-0.4, -0.2) is 31.1 Å². The van der Waals surface area contributed by atoms with Crippen LogP contribution in [-0.2, 0) is 14.9 Å². The van der Waals surface area contributed by atoms with Crippen LogP contribution in [0.5, 0.6) is 5.75 Å². The van der Waals surface area contributed by atoms with Gasteiger partial charge in [0.25, 0.3) is 10.1 Å². The summed E-state index contributed by atoms with van der Waals surface area (Å²) in [6.45, 7) is 11.2. The standard InChI is InChI=1S/C18H30O5S.Na.H/c1-7-23-18(24(19,20)21,17(5,6)13-16(2,3)4)14-22-15-11-9-8-10-12-15;;/h8-12H,7,13-14H2,1-6H3,(H,19,20,21);;/q;+1;-1. The second-order valence-corrected chi connectivity index (χ2v) is 9.49. The Bertz CT molecular complexity index is 629. The van der Waals surface area contributed by atoms with E-state index < -0.39 is 20.5 Å². The van der Waals surface area contributed by atoms with Gasteiger partial charge in [0.2, 0.25) is 4.93 Å².